The fraction of sp³-hybridized carbons (Fsp3) is 0.267. The van der Waals surface area contributed by atoms with Crippen molar-refractivity contribution in [1.29, 1.82) is 0 Å². The Kier molecular flexibility index (Phi) is 6.67. The van der Waals surface area contributed by atoms with E-state index in [-0.39, 0.29) is 70.0 Å². The standard InChI is InChI=1S/C13H12N2O.C2H6.Rb/c1-9-11-7-4-8-15(11)12-6-3-2-5-10(12)14-13(9)16;1-2;/h2-9H,1H3,(H,14,16);1-2H3;/q;;+1/p-1. The van der Waals surface area contributed by atoms with E-state index in [0.717, 1.165) is 17.1 Å². The van der Waals surface area contributed by atoms with Crippen LogP contribution >= 0.6 is 0 Å². The van der Waals surface area contributed by atoms with E-state index in [2.05, 4.69) is 5.32 Å². The van der Waals surface area contributed by atoms with Crippen molar-refractivity contribution in [3.63, 3.8) is 0 Å². The Balaban J connectivity index is 0.000000576. The summed E-state index contributed by atoms with van der Waals surface area (Å²) in [4.78, 5) is 11.9. The minimum atomic E-state index is -0.178. The SMILES string of the molecule is CC.CC1C(=O)[N-]c2ccccc2-n2cccc21.[Rb+]. The number of rotatable bonds is 0. The van der Waals surface area contributed by atoms with Crippen molar-refractivity contribution in [2.24, 2.45) is 0 Å². The Morgan fingerprint density at radius 2 is 1.79 bits per heavy atom. The van der Waals surface area contributed by atoms with Crippen molar-refractivity contribution in [2.45, 2.75) is 26.7 Å². The monoisotopic (exact) mass is 326 g/mol. The number of hydrogen-bond donors (Lipinski definition) is 0. The minimum Gasteiger partial charge on any atom is -0.625 e. The third kappa shape index (κ3) is 3.27. The first kappa shape index (κ1) is 16.8. The molecule has 19 heavy (non-hydrogen) atoms. The van der Waals surface area contributed by atoms with E-state index >= 15 is 0 Å². The molecule has 3 rings (SSSR count). The molecule has 1 amide bonds. The van der Waals surface area contributed by atoms with Gasteiger partial charge in [0.15, 0.2) is 0 Å². The first-order valence-electron chi connectivity index (χ1n) is 6.29. The molecule has 1 aromatic carbocycles. The molecule has 1 unspecified atom stereocenters. The fourth-order valence-electron chi connectivity index (χ4n) is 2.07. The molecule has 0 fully saturated rings. The van der Waals surface area contributed by atoms with Gasteiger partial charge in [-0.3, -0.25) is 0 Å². The number of benzene rings is 1. The average molecular weight is 327 g/mol. The largest absolute Gasteiger partial charge is 1.00 e. The van der Waals surface area contributed by atoms with Crippen molar-refractivity contribution in [3.8, 4) is 5.69 Å². The Morgan fingerprint density at radius 3 is 2.53 bits per heavy atom. The van der Waals surface area contributed by atoms with Crippen molar-refractivity contribution in [2.75, 3.05) is 0 Å². The number of nitrogens with zero attached hydrogens (tertiary/aromatic N) is 2. The van der Waals surface area contributed by atoms with Gasteiger partial charge in [-0.15, -0.1) is 5.69 Å². The van der Waals surface area contributed by atoms with Crippen LogP contribution in [0.4, 0.5) is 5.69 Å². The summed E-state index contributed by atoms with van der Waals surface area (Å²) in [5, 5.41) is 4.15. The molecule has 4 heteroatoms. The van der Waals surface area contributed by atoms with Gasteiger partial charge in [0.1, 0.15) is 0 Å². The molecule has 0 radical (unpaired) electrons. The molecule has 0 saturated carbocycles. The molecule has 0 bridgehead atoms. The number of para-hydroxylation sites is 2. The third-order valence-electron chi connectivity index (χ3n) is 2.97. The van der Waals surface area contributed by atoms with Crippen molar-refractivity contribution in [1.82, 2.24) is 4.57 Å². The molecule has 1 aliphatic rings. The van der Waals surface area contributed by atoms with Crippen LogP contribution in [0.2, 0.25) is 0 Å². The van der Waals surface area contributed by atoms with Crippen LogP contribution in [0.3, 0.4) is 0 Å². The number of amides is 1. The first-order chi connectivity index (χ1) is 8.77. The zero-order chi connectivity index (χ0) is 13.1. The minimum absolute atomic E-state index is 0. The summed E-state index contributed by atoms with van der Waals surface area (Å²) in [7, 11) is 0. The smallest absolute Gasteiger partial charge is 0.625 e. The van der Waals surface area contributed by atoms with Gasteiger partial charge in [-0.25, -0.2) is 0 Å². The molecule has 2 aromatic rings. The van der Waals surface area contributed by atoms with Crippen LogP contribution in [0.15, 0.2) is 42.6 Å². The molecule has 3 nitrogen and oxygen atoms in total. The van der Waals surface area contributed by atoms with Gasteiger partial charge in [-0.2, -0.15) is 0 Å². The number of aromatic nitrogens is 1. The predicted octanol–water partition coefficient (Wildman–Crippen LogP) is 1.16. The molecule has 0 saturated heterocycles. The fourth-order valence-corrected chi connectivity index (χ4v) is 2.07. The van der Waals surface area contributed by atoms with Crippen molar-refractivity contribution >= 4 is 11.6 Å². The Morgan fingerprint density at radius 1 is 1.11 bits per heavy atom. The Hall–Kier alpha value is -0.225. The van der Waals surface area contributed by atoms with Gasteiger partial charge >= 0.3 is 58.2 Å². The molecule has 2 heterocycles. The second kappa shape index (κ2) is 7.53. The van der Waals surface area contributed by atoms with E-state index in [0.29, 0.717) is 0 Å². The molecule has 0 aliphatic carbocycles. The van der Waals surface area contributed by atoms with Gasteiger partial charge in [0.05, 0.1) is 5.91 Å². The maximum absolute atomic E-state index is 11.9. The summed E-state index contributed by atoms with van der Waals surface area (Å²) in [5.41, 5.74) is 2.72. The average Bonchev–Trinajstić information content (AvgIpc) is 2.86. The van der Waals surface area contributed by atoms with E-state index in [1.54, 1.807) is 0 Å². The molecule has 1 aliphatic heterocycles. The third-order valence-corrected chi connectivity index (χ3v) is 2.97. The van der Waals surface area contributed by atoms with Gasteiger partial charge in [-0.1, -0.05) is 39.0 Å². The Bertz CT molecular complexity index is 563. The maximum Gasteiger partial charge on any atom is 1.00 e. The van der Waals surface area contributed by atoms with E-state index in [1.165, 1.54) is 0 Å². The summed E-state index contributed by atoms with van der Waals surface area (Å²) in [6.07, 6.45) is 1.97. The van der Waals surface area contributed by atoms with E-state index < -0.39 is 0 Å². The summed E-state index contributed by atoms with van der Waals surface area (Å²) >= 11 is 0. The Labute approximate surface area is 163 Å². The van der Waals surface area contributed by atoms with E-state index in [1.807, 2.05) is 67.9 Å². The molecular weight excluding hydrogens is 310 g/mol. The van der Waals surface area contributed by atoms with Crippen LogP contribution in [0, 0.1) is 0 Å². The van der Waals surface area contributed by atoms with Crippen LogP contribution in [-0.4, -0.2) is 10.5 Å². The molecule has 1 aromatic heterocycles. The van der Waals surface area contributed by atoms with E-state index in [4.69, 9.17) is 0 Å². The normalized spacial score (nSPS) is 15.7. The van der Waals surface area contributed by atoms with Gasteiger partial charge in [0.2, 0.25) is 0 Å². The second-order valence-corrected chi connectivity index (χ2v) is 3.96. The van der Waals surface area contributed by atoms with Gasteiger partial charge in [0.25, 0.3) is 0 Å². The number of carbonyl (C=O) groups is 1. The zero-order valence-electron chi connectivity index (χ0n) is 11.9. The first-order valence-corrected chi connectivity index (χ1v) is 6.29. The maximum atomic E-state index is 11.9. The van der Waals surface area contributed by atoms with Crippen LogP contribution in [0.1, 0.15) is 32.4 Å². The van der Waals surface area contributed by atoms with Gasteiger partial charge < -0.3 is 14.7 Å². The van der Waals surface area contributed by atoms with Crippen molar-refractivity contribution < 1.29 is 63.0 Å². The number of carbonyl (C=O) groups excluding carboxylic acids is 1. The number of hydrogen-bond acceptors (Lipinski definition) is 1. The molecule has 0 spiro atoms. The topological polar surface area (TPSA) is 36.1 Å². The predicted molar refractivity (Wildman–Crippen MR) is 73.6 cm³/mol. The van der Waals surface area contributed by atoms with Gasteiger partial charge in [0, 0.05) is 23.5 Å². The molecule has 94 valence electrons. The zero-order valence-corrected chi connectivity index (χ0v) is 16.8. The van der Waals surface area contributed by atoms with Crippen molar-refractivity contribution in [3.05, 3.63) is 53.6 Å². The van der Waals surface area contributed by atoms with Crippen LogP contribution in [0.5, 0.6) is 0 Å². The molecule has 0 N–H and O–H groups in total. The van der Waals surface area contributed by atoms with Gasteiger partial charge in [-0.05, 0) is 18.2 Å². The molecular formula is C15H17N2ORb. The summed E-state index contributed by atoms with van der Waals surface area (Å²) in [6, 6.07) is 11.6. The van der Waals surface area contributed by atoms with Crippen LogP contribution < -0.4 is 58.2 Å². The quantitative estimate of drug-likeness (QED) is 0.715. The molecule has 1 atom stereocenters. The number of fused-ring (bicyclic) bond motifs is 3. The van der Waals surface area contributed by atoms with Crippen LogP contribution in [0.25, 0.3) is 11.0 Å². The van der Waals surface area contributed by atoms with E-state index in [9.17, 15) is 4.79 Å². The summed E-state index contributed by atoms with van der Waals surface area (Å²) in [5.74, 6) is -0.257. The van der Waals surface area contributed by atoms with Crippen LogP contribution in [-0.2, 0) is 4.79 Å². The second-order valence-electron chi connectivity index (χ2n) is 3.96. The summed E-state index contributed by atoms with van der Waals surface area (Å²) < 4.78 is 2.04. The summed E-state index contributed by atoms with van der Waals surface area (Å²) in [6.45, 7) is 5.89.